The summed E-state index contributed by atoms with van der Waals surface area (Å²) in [6, 6.07) is 4.53. The average molecular weight is 251 g/mol. The van der Waals surface area contributed by atoms with Crippen LogP contribution < -0.4 is 10.5 Å². The highest BCUT2D eigenvalue weighted by atomic mass is 19.1. The van der Waals surface area contributed by atoms with Crippen LogP contribution in [-0.2, 0) is 4.74 Å². The fourth-order valence-electron chi connectivity index (χ4n) is 1.38. The van der Waals surface area contributed by atoms with Gasteiger partial charge in [0.2, 0.25) is 0 Å². The SMILES string of the molecule is COCCC(C)Oc1cc(C#CCN)ccc1F. The lowest BCUT2D eigenvalue weighted by molar-refractivity contribution is 0.132. The van der Waals surface area contributed by atoms with Crippen LogP contribution in [0.4, 0.5) is 4.39 Å². The Bertz CT molecular complexity index is 437. The molecule has 98 valence electrons. The Morgan fingerprint density at radius 1 is 1.44 bits per heavy atom. The molecule has 0 aromatic heterocycles. The van der Waals surface area contributed by atoms with Gasteiger partial charge < -0.3 is 15.2 Å². The Morgan fingerprint density at radius 3 is 2.89 bits per heavy atom. The summed E-state index contributed by atoms with van der Waals surface area (Å²) in [5.41, 5.74) is 5.98. The Balaban J connectivity index is 2.74. The second-order valence-electron chi connectivity index (χ2n) is 3.86. The molecule has 0 heterocycles. The number of hydrogen-bond acceptors (Lipinski definition) is 3. The van der Waals surface area contributed by atoms with E-state index in [0.29, 0.717) is 18.6 Å². The van der Waals surface area contributed by atoms with Crippen molar-refractivity contribution in [1.29, 1.82) is 0 Å². The second kappa shape index (κ2) is 7.70. The van der Waals surface area contributed by atoms with Crippen LogP contribution in [0.3, 0.4) is 0 Å². The summed E-state index contributed by atoms with van der Waals surface area (Å²) in [5, 5.41) is 0. The zero-order valence-electron chi connectivity index (χ0n) is 10.7. The van der Waals surface area contributed by atoms with E-state index in [2.05, 4.69) is 11.8 Å². The molecule has 1 aromatic rings. The zero-order valence-corrected chi connectivity index (χ0v) is 10.7. The average Bonchev–Trinajstić information content (AvgIpc) is 2.37. The molecule has 0 spiro atoms. The predicted molar refractivity (Wildman–Crippen MR) is 68.9 cm³/mol. The van der Waals surface area contributed by atoms with E-state index in [-0.39, 0.29) is 18.4 Å². The van der Waals surface area contributed by atoms with Crippen LogP contribution >= 0.6 is 0 Å². The summed E-state index contributed by atoms with van der Waals surface area (Å²) in [6.07, 6.45) is 0.589. The van der Waals surface area contributed by atoms with E-state index in [0.717, 1.165) is 0 Å². The normalized spacial score (nSPS) is 11.6. The van der Waals surface area contributed by atoms with Gasteiger partial charge >= 0.3 is 0 Å². The fraction of sp³-hybridized carbons (Fsp3) is 0.429. The van der Waals surface area contributed by atoms with Crippen LogP contribution in [0.1, 0.15) is 18.9 Å². The van der Waals surface area contributed by atoms with Crippen molar-refractivity contribution in [3.8, 4) is 17.6 Å². The molecular weight excluding hydrogens is 233 g/mol. The number of methoxy groups -OCH3 is 1. The van der Waals surface area contributed by atoms with Crippen LogP contribution in [0, 0.1) is 17.7 Å². The van der Waals surface area contributed by atoms with Gasteiger partial charge in [-0.05, 0) is 25.1 Å². The molecule has 1 aromatic carbocycles. The number of hydrogen-bond donors (Lipinski definition) is 1. The lowest BCUT2D eigenvalue weighted by atomic mass is 10.2. The molecule has 0 saturated heterocycles. The van der Waals surface area contributed by atoms with Crippen molar-refractivity contribution in [1.82, 2.24) is 0 Å². The predicted octanol–water partition coefficient (Wildman–Crippen LogP) is 1.94. The number of ether oxygens (including phenoxy) is 2. The standard InChI is InChI=1S/C14H18FNO2/c1-11(7-9-17-2)18-14-10-12(4-3-8-16)5-6-13(14)15/h5-6,10-11H,7-9,16H2,1-2H3. The summed E-state index contributed by atoms with van der Waals surface area (Å²) in [4.78, 5) is 0. The molecule has 0 radical (unpaired) electrons. The monoisotopic (exact) mass is 251 g/mol. The molecular formula is C14H18FNO2. The minimum Gasteiger partial charge on any atom is -0.488 e. The summed E-state index contributed by atoms with van der Waals surface area (Å²) in [6.45, 7) is 2.73. The van der Waals surface area contributed by atoms with E-state index in [4.69, 9.17) is 15.2 Å². The molecule has 0 aliphatic carbocycles. The molecule has 1 unspecified atom stereocenters. The minimum atomic E-state index is -0.391. The van der Waals surface area contributed by atoms with E-state index in [1.807, 2.05) is 6.92 Å². The molecule has 0 aliphatic heterocycles. The largest absolute Gasteiger partial charge is 0.488 e. The van der Waals surface area contributed by atoms with Gasteiger partial charge in [0.05, 0.1) is 12.6 Å². The third-order valence-corrected chi connectivity index (χ3v) is 2.32. The highest BCUT2D eigenvalue weighted by Crippen LogP contribution is 2.20. The summed E-state index contributed by atoms with van der Waals surface area (Å²) < 4.78 is 24.0. The van der Waals surface area contributed by atoms with Crippen molar-refractivity contribution in [2.45, 2.75) is 19.4 Å². The Hall–Kier alpha value is -1.57. The van der Waals surface area contributed by atoms with Crippen LogP contribution in [0.2, 0.25) is 0 Å². The fourth-order valence-corrected chi connectivity index (χ4v) is 1.38. The van der Waals surface area contributed by atoms with Crippen molar-refractivity contribution in [3.05, 3.63) is 29.6 Å². The zero-order chi connectivity index (χ0) is 13.4. The van der Waals surface area contributed by atoms with Crippen LogP contribution in [0.15, 0.2) is 18.2 Å². The summed E-state index contributed by atoms with van der Waals surface area (Å²) in [7, 11) is 1.62. The lowest BCUT2D eigenvalue weighted by Gasteiger charge is -2.14. The van der Waals surface area contributed by atoms with Gasteiger partial charge in [0.1, 0.15) is 0 Å². The van der Waals surface area contributed by atoms with Gasteiger partial charge in [-0.2, -0.15) is 0 Å². The van der Waals surface area contributed by atoms with E-state index >= 15 is 0 Å². The molecule has 0 amide bonds. The Morgan fingerprint density at radius 2 is 2.22 bits per heavy atom. The number of halogens is 1. The highest BCUT2D eigenvalue weighted by Gasteiger charge is 2.09. The van der Waals surface area contributed by atoms with Crippen LogP contribution in [0.5, 0.6) is 5.75 Å². The smallest absolute Gasteiger partial charge is 0.165 e. The molecule has 0 aliphatic rings. The number of nitrogens with two attached hydrogens (primary N) is 1. The van der Waals surface area contributed by atoms with Crippen molar-refractivity contribution < 1.29 is 13.9 Å². The molecule has 1 atom stereocenters. The van der Waals surface area contributed by atoms with E-state index in [1.165, 1.54) is 6.07 Å². The molecule has 18 heavy (non-hydrogen) atoms. The van der Waals surface area contributed by atoms with Gasteiger partial charge in [-0.25, -0.2) is 4.39 Å². The van der Waals surface area contributed by atoms with Crippen molar-refractivity contribution >= 4 is 0 Å². The minimum absolute atomic E-state index is 0.114. The first-order chi connectivity index (χ1) is 8.67. The van der Waals surface area contributed by atoms with Gasteiger partial charge in [-0.3, -0.25) is 0 Å². The number of benzene rings is 1. The van der Waals surface area contributed by atoms with Crippen LogP contribution in [0.25, 0.3) is 0 Å². The maximum atomic E-state index is 13.5. The molecule has 2 N–H and O–H groups in total. The van der Waals surface area contributed by atoms with Crippen molar-refractivity contribution in [3.63, 3.8) is 0 Å². The highest BCUT2D eigenvalue weighted by molar-refractivity contribution is 5.40. The topological polar surface area (TPSA) is 44.5 Å². The van der Waals surface area contributed by atoms with E-state index < -0.39 is 5.82 Å². The summed E-state index contributed by atoms with van der Waals surface area (Å²) in [5.74, 6) is 5.38. The Kier molecular flexibility index (Phi) is 6.20. The van der Waals surface area contributed by atoms with Gasteiger partial charge in [0.25, 0.3) is 0 Å². The molecule has 1 rings (SSSR count). The third-order valence-electron chi connectivity index (χ3n) is 2.32. The van der Waals surface area contributed by atoms with Crippen molar-refractivity contribution in [2.24, 2.45) is 5.73 Å². The molecule has 3 nitrogen and oxygen atoms in total. The van der Waals surface area contributed by atoms with Crippen LogP contribution in [-0.4, -0.2) is 26.4 Å². The quantitative estimate of drug-likeness (QED) is 0.813. The molecule has 4 heteroatoms. The maximum absolute atomic E-state index is 13.5. The maximum Gasteiger partial charge on any atom is 0.165 e. The van der Waals surface area contributed by atoms with Gasteiger partial charge in [0, 0.05) is 25.7 Å². The van der Waals surface area contributed by atoms with E-state index in [9.17, 15) is 4.39 Å². The lowest BCUT2D eigenvalue weighted by Crippen LogP contribution is -2.15. The second-order valence-corrected chi connectivity index (χ2v) is 3.86. The first-order valence-electron chi connectivity index (χ1n) is 5.81. The first-order valence-corrected chi connectivity index (χ1v) is 5.81. The van der Waals surface area contributed by atoms with E-state index in [1.54, 1.807) is 19.2 Å². The molecule has 0 saturated carbocycles. The Labute approximate surface area is 107 Å². The van der Waals surface area contributed by atoms with Gasteiger partial charge in [-0.1, -0.05) is 11.8 Å². The third kappa shape index (κ3) is 4.74. The van der Waals surface area contributed by atoms with Gasteiger partial charge in [0.15, 0.2) is 11.6 Å². The van der Waals surface area contributed by atoms with Crippen molar-refractivity contribution in [2.75, 3.05) is 20.3 Å². The molecule has 0 fully saturated rings. The first kappa shape index (κ1) is 14.5. The van der Waals surface area contributed by atoms with Gasteiger partial charge in [-0.15, -0.1) is 0 Å². The molecule has 0 bridgehead atoms. The number of rotatable bonds is 5. The summed E-state index contributed by atoms with van der Waals surface area (Å²) >= 11 is 0.